The van der Waals surface area contributed by atoms with Crippen molar-refractivity contribution in [3.8, 4) is 0 Å². The number of likely N-dealkylation sites (tertiary alicyclic amines) is 1. The average molecular weight is 252 g/mol. The lowest BCUT2D eigenvalue weighted by Crippen LogP contribution is -2.43. The maximum atomic E-state index is 12.1. The molecule has 1 aromatic rings. The number of carbonyl (C=O) groups is 1. The number of aliphatic hydroxyl groups excluding tert-OH is 1. The summed E-state index contributed by atoms with van der Waals surface area (Å²) in [5.41, 5.74) is 0.875. The van der Waals surface area contributed by atoms with E-state index in [0.29, 0.717) is 12.4 Å². The number of urea groups is 1. The lowest BCUT2D eigenvalue weighted by Gasteiger charge is -2.31. The number of rotatable bonds is 2. The fourth-order valence-corrected chi connectivity index (χ4v) is 2.31. The van der Waals surface area contributed by atoms with E-state index >= 15 is 0 Å². The molecule has 1 unspecified atom stereocenters. The van der Waals surface area contributed by atoms with Crippen LogP contribution in [0.25, 0.3) is 0 Å². The summed E-state index contributed by atoms with van der Waals surface area (Å²) in [6.07, 6.45) is 1.94. The van der Waals surface area contributed by atoms with Gasteiger partial charge in [-0.2, -0.15) is 5.10 Å². The van der Waals surface area contributed by atoms with Gasteiger partial charge in [0.2, 0.25) is 0 Å². The molecular formula is C12H20N4O2. The van der Waals surface area contributed by atoms with Crippen molar-refractivity contribution in [2.75, 3.05) is 25.0 Å². The van der Waals surface area contributed by atoms with Gasteiger partial charge in [-0.15, -0.1) is 0 Å². The molecule has 0 aliphatic carbocycles. The number of aliphatic hydroxyl groups is 1. The zero-order chi connectivity index (χ0) is 13.1. The monoisotopic (exact) mass is 252 g/mol. The van der Waals surface area contributed by atoms with Crippen molar-refractivity contribution in [1.82, 2.24) is 14.7 Å². The molecule has 2 heterocycles. The van der Waals surface area contributed by atoms with Gasteiger partial charge in [-0.3, -0.25) is 10.00 Å². The van der Waals surface area contributed by atoms with Crippen LogP contribution in [0.1, 0.15) is 18.5 Å². The lowest BCUT2D eigenvalue weighted by atomic mass is 9.99. The molecule has 18 heavy (non-hydrogen) atoms. The third kappa shape index (κ3) is 2.81. The van der Waals surface area contributed by atoms with Gasteiger partial charge in [-0.1, -0.05) is 0 Å². The molecule has 1 aliphatic rings. The Morgan fingerprint density at radius 3 is 3.06 bits per heavy atom. The number of nitrogens with one attached hydrogen (secondary N) is 1. The van der Waals surface area contributed by atoms with E-state index in [-0.39, 0.29) is 18.6 Å². The molecule has 6 heteroatoms. The predicted molar refractivity (Wildman–Crippen MR) is 68.3 cm³/mol. The van der Waals surface area contributed by atoms with E-state index < -0.39 is 0 Å². The molecule has 1 aromatic heterocycles. The van der Waals surface area contributed by atoms with E-state index in [1.54, 1.807) is 16.6 Å². The Morgan fingerprint density at radius 2 is 2.44 bits per heavy atom. The van der Waals surface area contributed by atoms with Crippen LogP contribution in [-0.2, 0) is 7.05 Å². The van der Waals surface area contributed by atoms with Gasteiger partial charge in [0, 0.05) is 32.8 Å². The minimum atomic E-state index is -0.115. The van der Waals surface area contributed by atoms with Crippen LogP contribution in [0, 0.1) is 12.8 Å². The second-order valence-corrected chi connectivity index (χ2v) is 4.86. The summed E-state index contributed by atoms with van der Waals surface area (Å²) in [6.45, 7) is 3.41. The van der Waals surface area contributed by atoms with Crippen LogP contribution < -0.4 is 5.32 Å². The van der Waals surface area contributed by atoms with Gasteiger partial charge in [-0.05, 0) is 25.7 Å². The first kappa shape index (κ1) is 12.9. The number of hydrogen-bond donors (Lipinski definition) is 2. The van der Waals surface area contributed by atoms with Crippen LogP contribution in [0.4, 0.5) is 10.6 Å². The van der Waals surface area contributed by atoms with Gasteiger partial charge in [0.15, 0.2) is 0 Å². The fourth-order valence-electron chi connectivity index (χ4n) is 2.31. The van der Waals surface area contributed by atoms with Crippen molar-refractivity contribution in [3.63, 3.8) is 0 Å². The third-order valence-electron chi connectivity index (χ3n) is 3.30. The summed E-state index contributed by atoms with van der Waals surface area (Å²) < 4.78 is 1.65. The number of carbonyl (C=O) groups excluding carboxylic acids is 1. The van der Waals surface area contributed by atoms with Crippen molar-refractivity contribution in [3.05, 3.63) is 11.8 Å². The summed E-state index contributed by atoms with van der Waals surface area (Å²) in [5.74, 6) is 0.904. The van der Waals surface area contributed by atoms with Crippen molar-refractivity contribution < 1.29 is 9.90 Å². The second kappa shape index (κ2) is 5.39. The third-order valence-corrected chi connectivity index (χ3v) is 3.30. The second-order valence-electron chi connectivity index (χ2n) is 4.86. The molecule has 2 amide bonds. The van der Waals surface area contributed by atoms with Crippen molar-refractivity contribution in [2.45, 2.75) is 19.8 Å². The van der Waals surface area contributed by atoms with E-state index in [2.05, 4.69) is 10.4 Å². The maximum absolute atomic E-state index is 12.1. The van der Waals surface area contributed by atoms with Gasteiger partial charge < -0.3 is 10.0 Å². The SMILES string of the molecule is Cc1cc(NC(=O)N2CCCC(CO)C2)n(C)n1. The first-order chi connectivity index (χ1) is 8.60. The number of aryl methyl sites for hydroxylation is 2. The first-order valence-corrected chi connectivity index (χ1v) is 6.27. The molecule has 1 fully saturated rings. The number of amides is 2. The van der Waals surface area contributed by atoms with Crippen molar-refractivity contribution in [1.29, 1.82) is 0 Å². The van der Waals surface area contributed by atoms with E-state index in [9.17, 15) is 4.79 Å². The molecule has 2 rings (SSSR count). The van der Waals surface area contributed by atoms with Crippen LogP contribution in [0.5, 0.6) is 0 Å². The normalized spacial score (nSPS) is 19.9. The zero-order valence-electron chi connectivity index (χ0n) is 10.9. The summed E-state index contributed by atoms with van der Waals surface area (Å²) in [6, 6.07) is 1.72. The zero-order valence-corrected chi connectivity index (χ0v) is 10.9. The van der Waals surface area contributed by atoms with Gasteiger partial charge >= 0.3 is 6.03 Å². The van der Waals surface area contributed by atoms with Crippen LogP contribution in [-0.4, -0.2) is 45.5 Å². The summed E-state index contributed by atoms with van der Waals surface area (Å²) >= 11 is 0. The Hall–Kier alpha value is -1.56. The highest BCUT2D eigenvalue weighted by Gasteiger charge is 2.23. The molecule has 0 aromatic carbocycles. The minimum absolute atomic E-state index is 0.115. The summed E-state index contributed by atoms with van der Waals surface area (Å²) in [7, 11) is 1.80. The number of hydrogen-bond acceptors (Lipinski definition) is 3. The molecule has 0 spiro atoms. The van der Waals surface area contributed by atoms with Crippen molar-refractivity contribution in [2.24, 2.45) is 13.0 Å². The summed E-state index contributed by atoms with van der Waals surface area (Å²) in [4.78, 5) is 13.8. The van der Waals surface area contributed by atoms with Crippen LogP contribution in [0.2, 0.25) is 0 Å². The molecule has 6 nitrogen and oxygen atoms in total. The van der Waals surface area contributed by atoms with Crippen LogP contribution in [0.15, 0.2) is 6.07 Å². The summed E-state index contributed by atoms with van der Waals surface area (Å²) in [5, 5.41) is 16.2. The quantitative estimate of drug-likeness (QED) is 0.823. The Balaban J connectivity index is 1.97. The fraction of sp³-hybridized carbons (Fsp3) is 0.667. The Labute approximate surface area is 107 Å². The van der Waals surface area contributed by atoms with E-state index in [1.807, 2.05) is 13.0 Å². The van der Waals surface area contributed by atoms with Crippen molar-refractivity contribution >= 4 is 11.8 Å². The number of aromatic nitrogens is 2. The van der Waals surface area contributed by atoms with E-state index in [4.69, 9.17) is 5.11 Å². The molecule has 0 bridgehead atoms. The van der Waals surface area contributed by atoms with Gasteiger partial charge in [-0.25, -0.2) is 4.79 Å². The maximum Gasteiger partial charge on any atom is 0.323 e. The molecule has 1 saturated heterocycles. The highest BCUT2D eigenvalue weighted by Crippen LogP contribution is 2.17. The largest absolute Gasteiger partial charge is 0.396 e. The van der Waals surface area contributed by atoms with Gasteiger partial charge in [0.05, 0.1) is 5.69 Å². The Bertz CT molecular complexity index is 430. The van der Waals surface area contributed by atoms with Crippen LogP contribution in [0.3, 0.4) is 0 Å². The lowest BCUT2D eigenvalue weighted by molar-refractivity contribution is 0.136. The Kier molecular flexibility index (Phi) is 3.86. The highest BCUT2D eigenvalue weighted by molar-refractivity contribution is 5.88. The molecular weight excluding hydrogens is 232 g/mol. The van der Waals surface area contributed by atoms with Crippen LogP contribution >= 0.6 is 0 Å². The van der Waals surface area contributed by atoms with E-state index in [0.717, 1.165) is 25.1 Å². The average Bonchev–Trinajstić information content (AvgIpc) is 2.68. The molecule has 1 atom stereocenters. The molecule has 1 aliphatic heterocycles. The molecule has 0 radical (unpaired) electrons. The van der Waals surface area contributed by atoms with E-state index in [1.165, 1.54) is 0 Å². The minimum Gasteiger partial charge on any atom is -0.396 e. The molecule has 100 valence electrons. The standard InChI is InChI=1S/C12H20N4O2/c1-9-6-11(15(2)14-9)13-12(18)16-5-3-4-10(7-16)8-17/h6,10,17H,3-5,7-8H2,1-2H3,(H,13,18). The first-order valence-electron chi connectivity index (χ1n) is 6.27. The highest BCUT2D eigenvalue weighted by atomic mass is 16.3. The topological polar surface area (TPSA) is 70.4 Å². The Morgan fingerprint density at radius 1 is 1.67 bits per heavy atom. The van der Waals surface area contributed by atoms with Gasteiger partial charge in [0.25, 0.3) is 0 Å². The number of piperidine rings is 1. The van der Waals surface area contributed by atoms with Gasteiger partial charge in [0.1, 0.15) is 5.82 Å². The smallest absolute Gasteiger partial charge is 0.323 e. The number of nitrogens with zero attached hydrogens (tertiary/aromatic N) is 3. The molecule has 2 N–H and O–H groups in total. The number of anilines is 1. The predicted octanol–water partition coefficient (Wildman–Crippen LogP) is 0.965. The molecule has 0 saturated carbocycles.